The average molecular weight is 157 g/mol. The third-order valence-electron chi connectivity index (χ3n) is 0.570. The maximum Gasteiger partial charge on any atom is 0.231 e. The van der Waals surface area contributed by atoms with Gasteiger partial charge in [0.1, 0.15) is 6.67 Å². The number of hydrogen-bond acceptors (Lipinski definition) is 2. The van der Waals surface area contributed by atoms with E-state index in [-0.39, 0.29) is 25.5 Å². The fourth-order valence-electron chi connectivity index (χ4n) is 0.278. The SMILES string of the molecule is Cl.NC(=O)CNCCF. The van der Waals surface area contributed by atoms with Crippen LogP contribution in [0.4, 0.5) is 4.39 Å². The van der Waals surface area contributed by atoms with Crippen LogP contribution in [0.1, 0.15) is 0 Å². The summed E-state index contributed by atoms with van der Waals surface area (Å²) >= 11 is 0. The van der Waals surface area contributed by atoms with Crippen LogP contribution in [0.2, 0.25) is 0 Å². The van der Waals surface area contributed by atoms with Gasteiger partial charge in [-0.05, 0) is 0 Å². The molecule has 0 aromatic rings. The Morgan fingerprint density at radius 3 is 2.56 bits per heavy atom. The zero-order chi connectivity index (χ0) is 6.41. The molecule has 0 rings (SSSR count). The van der Waals surface area contributed by atoms with Crippen molar-refractivity contribution in [1.29, 1.82) is 0 Å². The number of carbonyl (C=O) groups excluding carboxylic acids is 1. The molecule has 0 aliphatic heterocycles. The quantitative estimate of drug-likeness (QED) is 0.537. The minimum Gasteiger partial charge on any atom is -0.369 e. The van der Waals surface area contributed by atoms with E-state index in [1.54, 1.807) is 0 Å². The summed E-state index contributed by atoms with van der Waals surface area (Å²) in [6.45, 7) is -0.208. The van der Waals surface area contributed by atoms with Gasteiger partial charge in [-0.2, -0.15) is 0 Å². The number of primary amides is 1. The van der Waals surface area contributed by atoms with Crippen LogP contribution in [0.25, 0.3) is 0 Å². The zero-order valence-corrected chi connectivity index (χ0v) is 5.71. The molecule has 0 radical (unpaired) electrons. The fourth-order valence-corrected chi connectivity index (χ4v) is 0.278. The second-order valence-corrected chi connectivity index (χ2v) is 1.33. The lowest BCUT2D eigenvalue weighted by atomic mass is 10.6. The lowest BCUT2D eigenvalue weighted by Gasteiger charge is -1.93. The number of amides is 1. The van der Waals surface area contributed by atoms with E-state index in [4.69, 9.17) is 5.73 Å². The molecule has 3 N–H and O–H groups in total. The number of nitrogens with two attached hydrogens (primary N) is 1. The van der Waals surface area contributed by atoms with Crippen molar-refractivity contribution in [2.24, 2.45) is 5.73 Å². The molecular weight excluding hydrogens is 147 g/mol. The van der Waals surface area contributed by atoms with Crippen molar-refractivity contribution < 1.29 is 9.18 Å². The Bertz CT molecular complexity index is 81.0. The molecule has 1 amide bonds. The fraction of sp³-hybridized carbons (Fsp3) is 0.750. The molecule has 0 aliphatic rings. The first-order valence-corrected chi connectivity index (χ1v) is 2.32. The van der Waals surface area contributed by atoms with Crippen LogP contribution in [0, 0.1) is 0 Å². The smallest absolute Gasteiger partial charge is 0.231 e. The van der Waals surface area contributed by atoms with Gasteiger partial charge in [0.15, 0.2) is 0 Å². The second-order valence-electron chi connectivity index (χ2n) is 1.33. The molecule has 0 atom stereocenters. The van der Waals surface area contributed by atoms with Gasteiger partial charge in [0.05, 0.1) is 6.54 Å². The van der Waals surface area contributed by atoms with E-state index >= 15 is 0 Å². The van der Waals surface area contributed by atoms with Crippen molar-refractivity contribution in [3.05, 3.63) is 0 Å². The first-order chi connectivity index (χ1) is 3.77. The van der Waals surface area contributed by atoms with Crippen molar-refractivity contribution in [3.63, 3.8) is 0 Å². The van der Waals surface area contributed by atoms with E-state index in [0.29, 0.717) is 0 Å². The summed E-state index contributed by atoms with van der Waals surface area (Å²) in [5.41, 5.74) is 4.71. The van der Waals surface area contributed by atoms with Crippen molar-refractivity contribution in [1.82, 2.24) is 5.32 Å². The molecule has 0 bridgehead atoms. The second kappa shape index (κ2) is 7.65. The maximum atomic E-state index is 11.2. The predicted octanol–water partition coefficient (Wildman–Crippen LogP) is -0.547. The highest BCUT2D eigenvalue weighted by atomic mass is 35.5. The monoisotopic (exact) mass is 156 g/mol. The number of halogens is 2. The Hall–Kier alpha value is -0.350. The highest BCUT2D eigenvalue weighted by Gasteiger charge is 1.89. The van der Waals surface area contributed by atoms with Gasteiger partial charge in [0.2, 0.25) is 5.91 Å². The number of carbonyl (C=O) groups is 1. The molecule has 0 aromatic heterocycles. The number of alkyl halides is 1. The standard InChI is InChI=1S/C4H9FN2O.ClH/c5-1-2-7-3-4(6)8;/h7H,1-3H2,(H2,6,8);1H. The predicted molar refractivity (Wildman–Crippen MR) is 35.3 cm³/mol. The Morgan fingerprint density at radius 1 is 1.67 bits per heavy atom. The maximum absolute atomic E-state index is 11.2. The highest BCUT2D eigenvalue weighted by molar-refractivity contribution is 5.85. The van der Waals surface area contributed by atoms with E-state index in [2.05, 4.69) is 5.32 Å². The first-order valence-electron chi connectivity index (χ1n) is 2.32. The topological polar surface area (TPSA) is 55.1 Å². The van der Waals surface area contributed by atoms with E-state index < -0.39 is 12.6 Å². The third kappa shape index (κ3) is 11.3. The lowest BCUT2D eigenvalue weighted by molar-refractivity contribution is -0.117. The minimum atomic E-state index is -0.465. The van der Waals surface area contributed by atoms with Crippen molar-refractivity contribution in [3.8, 4) is 0 Å². The Kier molecular flexibility index (Phi) is 9.73. The van der Waals surface area contributed by atoms with Crippen molar-refractivity contribution in [2.75, 3.05) is 19.8 Å². The summed E-state index contributed by atoms with van der Waals surface area (Å²) in [4.78, 5) is 9.91. The molecule has 56 valence electrons. The molecule has 0 aliphatic carbocycles. The molecule has 3 nitrogen and oxygen atoms in total. The number of rotatable bonds is 4. The third-order valence-corrected chi connectivity index (χ3v) is 0.570. The van der Waals surface area contributed by atoms with Crippen LogP contribution >= 0.6 is 12.4 Å². The first kappa shape index (κ1) is 11.4. The number of nitrogens with one attached hydrogen (secondary N) is 1. The van der Waals surface area contributed by atoms with Crippen molar-refractivity contribution in [2.45, 2.75) is 0 Å². The molecule has 0 heterocycles. The molecule has 0 aromatic carbocycles. The van der Waals surface area contributed by atoms with Gasteiger partial charge in [-0.1, -0.05) is 0 Å². The molecule has 0 saturated heterocycles. The van der Waals surface area contributed by atoms with E-state index in [1.165, 1.54) is 0 Å². The molecular formula is C4H10ClFN2O. The van der Waals surface area contributed by atoms with Gasteiger partial charge in [-0.3, -0.25) is 4.79 Å². The molecule has 0 saturated carbocycles. The van der Waals surface area contributed by atoms with Crippen molar-refractivity contribution >= 4 is 18.3 Å². The van der Waals surface area contributed by atoms with Gasteiger partial charge < -0.3 is 11.1 Å². The van der Waals surface area contributed by atoms with Crippen LogP contribution in [-0.2, 0) is 4.79 Å². The number of hydrogen-bond donors (Lipinski definition) is 2. The largest absolute Gasteiger partial charge is 0.369 e. The normalized spacial score (nSPS) is 8.11. The van der Waals surface area contributed by atoms with E-state index in [0.717, 1.165) is 0 Å². The van der Waals surface area contributed by atoms with E-state index in [1.807, 2.05) is 0 Å². The van der Waals surface area contributed by atoms with Crippen LogP contribution in [0.5, 0.6) is 0 Å². The lowest BCUT2D eigenvalue weighted by Crippen LogP contribution is -2.29. The van der Waals surface area contributed by atoms with Crippen LogP contribution < -0.4 is 11.1 Å². The van der Waals surface area contributed by atoms with Gasteiger partial charge in [0, 0.05) is 6.54 Å². The van der Waals surface area contributed by atoms with Crippen LogP contribution in [0.3, 0.4) is 0 Å². The molecule has 0 spiro atoms. The summed E-state index contributed by atoms with van der Waals surface area (Å²) in [5.74, 6) is -0.460. The average Bonchev–Trinajstić information content (AvgIpc) is 1.66. The molecule has 9 heavy (non-hydrogen) atoms. The van der Waals surface area contributed by atoms with Gasteiger partial charge in [-0.25, -0.2) is 4.39 Å². The van der Waals surface area contributed by atoms with Gasteiger partial charge >= 0.3 is 0 Å². The van der Waals surface area contributed by atoms with Crippen LogP contribution in [0.15, 0.2) is 0 Å². The summed E-state index contributed by atoms with van der Waals surface area (Å²) in [6.07, 6.45) is 0. The van der Waals surface area contributed by atoms with E-state index in [9.17, 15) is 9.18 Å². The summed E-state index contributed by atoms with van der Waals surface area (Å²) in [6, 6.07) is 0. The minimum absolute atomic E-state index is 0. The zero-order valence-electron chi connectivity index (χ0n) is 4.89. The molecule has 0 unspecified atom stereocenters. The molecule has 5 heteroatoms. The summed E-state index contributed by atoms with van der Waals surface area (Å²) in [5, 5.41) is 2.48. The van der Waals surface area contributed by atoms with Crippen LogP contribution in [-0.4, -0.2) is 25.7 Å². The Balaban J connectivity index is 0. The molecule has 0 fully saturated rings. The summed E-state index contributed by atoms with van der Waals surface area (Å²) in [7, 11) is 0. The van der Waals surface area contributed by atoms with Gasteiger partial charge in [-0.15, -0.1) is 12.4 Å². The highest BCUT2D eigenvalue weighted by Crippen LogP contribution is 1.61. The Morgan fingerprint density at radius 2 is 2.22 bits per heavy atom. The summed E-state index contributed by atoms with van der Waals surface area (Å²) < 4.78 is 11.2. The Labute approximate surface area is 59.2 Å². The van der Waals surface area contributed by atoms with Gasteiger partial charge in [0.25, 0.3) is 0 Å².